The van der Waals surface area contributed by atoms with Crippen LogP contribution in [-0.2, 0) is 13.0 Å². The van der Waals surface area contributed by atoms with Crippen LogP contribution in [0.5, 0.6) is 5.75 Å². The highest BCUT2D eigenvalue weighted by Crippen LogP contribution is 2.17. The van der Waals surface area contributed by atoms with Gasteiger partial charge in [-0.15, -0.1) is 0 Å². The molecule has 0 amide bonds. The van der Waals surface area contributed by atoms with Crippen LogP contribution < -0.4 is 4.74 Å². The van der Waals surface area contributed by atoms with Gasteiger partial charge in [0.1, 0.15) is 12.4 Å². The third-order valence-electron chi connectivity index (χ3n) is 2.75. The Morgan fingerprint density at radius 1 is 1.11 bits per heavy atom. The van der Waals surface area contributed by atoms with Gasteiger partial charge in [0, 0.05) is 4.47 Å². The van der Waals surface area contributed by atoms with Gasteiger partial charge in [-0.05, 0) is 48.7 Å². The number of halogens is 1. The normalized spacial score (nSPS) is 12.2. The molecule has 0 saturated heterocycles. The molecule has 2 aromatic carbocycles. The van der Waals surface area contributed by atoms with Gasteiger partial charge >= 0.3 is 0 Å². The van der Waals surface area contributed by atoms with Gasteiger partial charge in [0.15, 0.2) is 0 Å². The van der Waals surface area contributed by atoms with Crippen LogP contribution in [0.3, 0.4) is 0 Å². The molecule has 0 aliphatic carbocycles. The molecular weight excluding hydrogens is 304 g/mol. The summed E-state index contributed by atoms with van der Waals surface area (Å²) in [6, 6.07) is 15.9. The third-order valence-corrected chi connectivity index (χ3v) is 3.24. The number of ether oxygens (including phenoxy) is 1. The SMILES string of the molecule is CC(O)Cc1ccc(OCc2cccc(Br)c2)cc1. The lowest BCUT2D eigenvalue weighted by Gasteiger charge is -2.08. The number of aliphatic hydroxyl groups is 1. The highest BCUT2D eigenvalue weighted by Gasteiger charge is 2.00. The van der Waals surface area contributed by atoms with Crippen LogP contribution in [0.1, 0.15) is 18.1 Å². The van der Waals surface area contributed by atoms with E-state index in [9.17, 15) is 5.11 Å². The van der Waals surface area contributed by atoms with Gasteiger partial charge in [-0.2, -0.15) is 0 Å². The minimum absolute atomic E-state index is 0.312. The molecule has 19 heavy (non-hydrogen) atoms. The monoisotopic (exact) mass is 320 g/mol. The van der Waals surface area contributed by atoms with Crippen molar-refractivity contribution >= 4 is 15.9 Å². The van der Waals surface area contributed by atoms with E-state index in [0.29, 0.717) is 13.0 Å². The van der Waals surface area contributed by atoms with Crippen molar-refractivity contribution < 1.29 is 9.84 Å². The van der Waals surface area contributed by atoms with E-state index >= 15 is 0 Å². The topological polar surface area (TPSA) is 29.5 Å². The summed E-state index contributed by atoms with van der Waals surface area (Å²) in [4.78, 5) is 0. The van der Waals surface area contributed by atoms with E-state index in [4.69, 9.17) is 4.74 Å². The lowest BCUT2D eigenvalue weighted by atomic mass is 10.1. The van der Waals surface area contributed by atoms with Crippen LogP contribution in [0.2, 0.25) is 0 Å². The largest absolute Gasteiger partial charge is 0.489 e. The Hall–Kier alpha value is -1.32. The van der Waals surface area contributed by atoms with E-state index in [2.05, 4.69) is 15.9 Å². The number of hydrogen-bond donors (Lipinski definition) is 1. The van der Waals surface area contributed by atoms with Crippen LogP contribution >= 0.6 is 15.9 Å². The second-order valence-electron chi connectivity index (χ2n) is 4.62. The highest BCUT2D eigenvalue weighted by atomic mass is 79.9. The predicted molar refractivity (Wildman–Crippen MR) is 80.3 cm³/mol. The molecule has 1 unspecified atom stereocenters. The zero-order valence-electron chi connectivity index (χ0n) is 10.8. The summed E-state index contributed by atoms with van der Waals surface area (Å²) in [5.74, 6) is 0.842. The van der Waals surface area contributed by atoms with Gasteiger partial charge in [0.2, 0.25) is 0 Å². The fraction of sp³-hybridized carbons (Fsp3) is 0.250. The summed E-state index contributed by atoms with van der Waals surface area (Å²) in [6.07, 6.45) is 0.361. The van der Waals surface area contributed by atoms with Gasteiger partial charge in [-0.1, -0.05) is 40.2 Å². The first kappa shape index (κ1) is 14.1. The quantitative estimate of drug-likeness (QED) is 0.903. The van der Waals surface area contributed by atoms with Crippen LogP contribution in [-0.4, -0.2) is 11.2 Å². The highest BCUT2D eigenvalue weighted by molar-refractivity contribution is 9.10. The minimum atomic E-state index is -0.312. The number of benzene rings is 2. The first-order valence-electron chi connectivity index (χ1n) is 6.28. The first-order valence-corrected chi connectivity index (χ1v) is 7.07. The average Bonchev–Trinajstić information content (AvgIpc) is 2.37. The zero-order chi connectivity index (χ0) is 13.7. The van der Waals surface area contributed by atoms with Crippen molar-refractivity contribution in [3.8, 4) is 5.75 Å². The fourth-order valence-corrected chi connectivity index (χ4v) is 2.30. The molecule has 2 aromatic rings. The molecule has 0 fully saturated rings. The van der Waals surface area contributed by atoms with Crippen LogP contribution in [0.15, 0.2) is 53.0 Å². The van der Waals surface area contributed by atoms with Gasteiger partial charge in [-0.25, -0.2) is 0 Å². The Bertz CT molecular complexity index is 521. The number of rotatable bonds is 5. The van der Waals surface area contributed by atoms with Crippen LogP contribution in [0, 0.1) is 0 Å². The number of hydrogen-bond acceptors (Lipinski definition) is 2. The molecule has 3 heteroatoms. The Morgan fingerprint density at radius 2 is 1.84 bits per heavy atom. The van der Waals surface area contributed by atoms with Crippen molar-refractivity contribution in [2.24, 2.45) is 0 Å². The zero-order valence-corrected chi connectivity index (χ0v) is 12.4. The van der Waals surface area contributed by atoms with Gasteiger partial charge in [0.25, 0.3) is 0 Å². The molecule has 0 radical (unpaired) electrons. The Balaban J connectivity index is 1.93. The van der Waals surface area contributed by atoms with E-state index in [-0.39, 0.29) is 6.10 Å². The van der Waals surface area contributed by atoms with E-state index in [1.165, 1.54) is 0 Å². The summed E-state index contributed by atoms with van der Waals surface area (Å²) in [5, 5.41) is 9.32. The first-order chi connectivity index (χ1) is 9.13. The molecule has 0 saturated carbocycles. The van der Waals surface area contributed by atoms with Crippen molar-refractivity contribution in [2.45, 2.75) is 26.1 Å². The van der Waals surface area contributed by atoms with Crippen molar-refractivity contribution in [1.82, 2.24) is 0 Å². The van der Waals surface area contributed by atoms with Crippen molar-refractivity contribution in [3.63, 3.8) is 0 Å². The molecular formula is C16H17BrO2. The minimum Gasteiger partial charge on any atom is -0.489 e. The Kier molecular flexibility index (Phi) is 5.00. The molecule has 0 bridgehead atoms. The molecule has 0 heterocycles. The molecule has 0 spiro atoms. The molecule has 100 valence electrons. The van der Waals surface area contributed by atoms with Crippen molar-refractivity contribution in [3.05, 3.63) is 64.1 Å². The molecule has 1 atom stereocenters. The maximum Gasteiger partial charge on any atom is 0.119 e. The third kappa shape index (κ3) is 4.69. The van der Waals surface area contributed by atoms with Crippen molar-refractivity contribution in [1.29, 1.82) is 0 Å². The van der Waals surface area contributed by atoms with E-state index in [1.54, 1.807) is 6.92 Å². The molecule has 0 aliphatic rings. The molecule has 2 nitrogen and oxygen atoms in total. The molecule has 2 rings (SSSR count). The maximum absolute atomic E-state index is 9.32. The second-order valence-corrected chi connectivity index (χ2v) is 5.53. The number of aliphatic hydroxyl groups excluding tert-OH is 1. The van der Waals surface area contributed by atoms with E-state index < -0.39 is 0 Å². The Labute approximate surface area is 122 Å². The maximum atomic E-state index is 9.32. The lowest BCUT2D eigenvalue weighted by Crippen LogP contribution is -2.03. The summed E-state index contributed by atoms with van der Waals surface area (Å²) in [7, 11) is 0. The van der Waals surface area contributed by atoms with Gasteiger partial charge < -0.3 is 9.84 Å². The summed E-state index contributed by atoms with van der Waals surface area (Å²) >= 11 is 3.44. The smallest absolute Gasteiger partial charge is 0.119 e. The summed E-state index contributed by atoms with van der Waals surface area (Å²) in [5.41, 5.74) is 2.24. The molecule has 1 N–H and O–H groups in total. The van der Waals surface area contributed by atoms with Crippen LogP contribution in [0.4, 0.5) is 0 Å². The van der Waals surface area contributed by atoms with Gasteiger partial charge in [-0.3, -0.25) is 0 Å². The standard InChI is InChI=1S/C16H17BrO2/c1-12(18)9-13-5-7-16(8-6-13)19-11-14-3-2-4-15(17)10-14/h2-8,10,12,18H,9,11H2,1H3. The second kappa shape index (κ2) is 6.73. The van der Waals surface area contributed by atoms with E-state index in [1.807, 2.05) is 48.5 Å². The molecule has 0 aromatic heterocycles. The average molecular weight is 321 g/mol. The summed E-state index contributed by atoms with van der Waals surface area (Å²) < 4.78 is 6.78. The van der Waals surface area contributed by atoms with Crippen LogP contribution in [0.25, 0.3) is 0 Å². The summed E-state index contributed by atoms with van der Waals surface area (Å²) in [6.45, 7) is 2.34. The Morgan fingerprint density at radius 3 is 2.47 bits per heavy atom. The lowest BCUT2D eigenvalue weighted by molar-refractivity contribution is 0.195. The molecule has 0 aliphatic heterocycles. The fourth-order valence-electron chi connectivity index (χ4n) is 1.86. The van der Waals surface area contributed by atoms with Gasteiger partial charge in [0.05, 0.1) is 6.10 Å². The predicted octanol–water partition coefficient (Wildman–Crippen LogP) is 3.95. The van der Waals surface area contributed by atoms with Crippen molar-refractivity contribution in [2.75, 3.05) is 0 Å². The van der Waals surface area contributed by atoms with E-state index in [0.717, 1.165) is 21.3 Å².